The number of carbonyl (C=O) groups excluding carboxylic acids is 1. The first-order chi connectivity index (χ1) is 13.3. The van der Waals surface area contributed by atoms with Crippen molar-refractivity contribution in [2.75, 3.05) is 6.54 Å². The molecule has 0 atom stereocenters. The quantitative estimate of drug-likeness (QED) is 0.626. The molecule has 10 heteroatoms. The largest absolute Gasteiger partial charge is 0.353 e. The van der Waals surface area contributed by atoms with Gasteiger partial charge in [0, 0.05) is 30.1 Å². The summed E-state index contributed by atoms with van der Waals surface area (Å²) in [6.07, 6.45) is 1.33. The van der Waals surface area contributed by atoms with Crippen molar-refractivity contribution < 1.29 is 4.79 Å². The molecule has 28 heavy (non-hydrogen) atoms. The minimum Gasteiger partial charge on any atom is -0.353 e. The number of nitrogens with zero attached hydrogens (tertiary/aromatic N) is 6. The molecule has 0 bridgehead atoms. The lowest BCUT2D eigenvalue weighted by atomic mass is 10.4. The second-order valence-electron chi connectivity index (χ2n) is 6.44. The molecule has 0 aromatic carbocycles. The van der Waals surface area contributed by atoms with Crippen LogP contribution in [0.1, 0.15) is 17.1 Å². The number of aryl methyl sites for hydroxylation is 3. The summed E-state index contributed by atoms with van der Waals surface area (Å²) in [7, 11) is 0. The van der Waals surface area contributed by atoms with E-state index in [4.69, 9.17) is 0 Å². The zero-order valence-corrected chi connectivity index (χ0v) is 15.9. The van der Waals surface area contributed by atoms with Gasteiger partial charge in [-0.2, -0.15) is 5.10 Å². The molecular formula is C18H21N7O3. The Bertz CT molecular complexity index is 1130. The summed E-state index contributed by atoms with van der Waals surface area (Å²) in [6, 6.07) is 6.30. The van der Waals surface area contributed by atoms with E-state index in [1.54, 1.807) is 17.7 Å². The summed E-state index contributed by atoms with van der Waals surface area (Å²) >= 11 is 0. The molecule has 0 saturated carbocycles. The molecule has 3 aromatic rings. The van der Waals surface area contributed by atoms with Gasteiger partial charge in [0.15, 0.2) is 5.82 Å². The lowest BCUT2D eigenvalue weighted by Gasteiger charge is -2.10. The highest BCUT2D eigenvalue weighted by atomic mass is 16.2. The van der Waals surface area contributed by atoms with E-state index < -0.39 is 0 Å². The monoisotopic (exact) mass is 383 g/mol. The van der Waals surface area contributed by atoms with E-state index in [1.807, 2.05) is 19.9 Å². The van der Waals surface area contributed by atoms with Crippen molar-refractivity contribution >= 4 is 5.91 Å². The molecule has 0 spiro atoms. The summed E-state index contributed by atoms with van der Waals surface area (Å²) in [5, 5.41) is 11.3. The summed E-state index contributed by atoms with van der Waals surface area (Å²) < 4.78 is 4.14. The first-order valence-electron chi connectivity index (χ1n) is 8.75. The highest BCUT2D eigenvalue weighted by Crippen LogP contribution is 2.07. The van der Waals surface area contributed by atoms with E-state index in [1.165, 1.54) is 27.7 Å². The standard InChI is InChI=1S/C18H21N7O3/c1-12-9-18(28)23(11-20-12)10-16(26)19-6-7-24-17(27)5-4-15(22-24)25-14(3)8-13(2)21-25/h4-5,8-9,11H,6-7,10H2,1-3H3,(H,19,26). The third-order valence-electron chi connectivity index (χ3n) is 4.06. The van der Waals surface area contributed by atoms with E-state index in [2.05, 4.69) is 20.5 Å². The van der Waals surface area contributed by atoms with E-state index in [0.29, 0.717) is 11.5 Å². The van der Waals surface area contributed by atoms with Gasteiger partial charge >= 0.3 is 0 Å². The van der Waals surface area contributed by atoms with Gasteiger partial charge in [-0.15, -0.1) is 5.10 Å². The highest BCUT2D eigenvalue weighted by Gasteiger charge is 2.09. The van der Waals surface area contributed by atoms with Crippen LogP contribution in [0, 0.1) is 20.8 Å². The molecule has 0 saturated heterocycles. The molecule has 10 nitrogen and oxygen atoms in total. The van der Waals surface area contributed by atoms with Crippen LogP contribution < -0.4 is 16.4 Å². The van der Waals surface area contributed by atoms with Gasteiger partial charge in [0.25, 0.3) is 11.1 Å². The van der Waals surface area contributed by atoms with Crippen LogP contribution in [0.2, 0.25) is 0 Å². The van der Waals surface area contributed by atoms with E-state index >= 15 is 0 Å². The summed E-state index contributed by atoms with van der Waals surface area (Å²) in [6.45, 7) is 5.74. The zero-order chi connectivity index (χ0) is 20.3. The van der Waals surface area contributed by atoms with Crippen molar-refractivity contribution in [3.63, 3.8) is 0 Å². The van der Waals surface area contributed by atoms with Crippen LogP contribution in [-0.4, -0.2) is 41.6 Å². The van der Waals surface area contributed by atoms with Gasteiger partial charge in [-0.25, -0.2) is 14.3 Å². The second kappa shape index (κ2) is 7.99. The minimum absolute atomic E-state index is 0.139. The number of nitrogens with one attached hydrogen (secondary N) is 1. The molecule has 0 aliphatic carbocycles. The fourth-order valence-corrected chi connectivity index (χ4v) is 2.72. The second-order valence-corrected chi connectivity index (χ2v) is 6.44. The number of hydrogen-bond donors (Lipinski definition) is 1. The first-order valence-corrected chi connectivity index (χ1v) is 8.75. The molecular weight excluding hydrogens is 362 g/mol. The molecule has 0 aliphatic rings. The maximum Gasteiger partial charge on any atom is 0.266 e. The Morgan fingerprint density at radius 2 is 1.82 bits per heavy atom. The van der Waals surface area contributed by atoms with Crippen LogP contribution >= 0.6 is 0 Å². The molecule has 1 N–H and O–H groups in total. The van der Waals surface area contributed by atoms with Gasteiger partial charge in [0.2, 0.25) is 5.91 Å². The number of aromatic nitrogens is 6. The third kappa shape index (κ3) is 4.40. The predicted octanol–water partition coefficient (Wildman–Crippen LogP) is -0.273. The average molecular weight is 383 g/mol. The fraction of sp³-hybridized carbons (Fsp3) is 0.333. The zero-order valence-electron chi connectivity index (χ0n) is 15.9. The Morgan fingerprint density at radius 3 is 2.50 bits per heavy atom. The number of rotatable bonds is 6. The van der Waals surface area contributed by atoms with Crippen LogP contribution in [0.4, 0.5) is 0 Å². The Morgan fingerprint density at radius 1 is 1.04 bits per heavy atom. The van der Waals surface area contributed by atoms with Crippen molar-refractivity contribution in [3.8, 4) is 5.82 Å². The van der Waals surface area contributed by atoms with Gasteiger partial charge in [-0.1, -0.05) is 0 Å². The normalized spacial score (nSPS) is 10.8. The number of hydrogen-bond acceptors (Lipinski definition) is 6. The lowest BCUT2D eigenvalue weighted by Crippen LogP contribution is -2.36. The van der Waals surface area contributed by atoms with Gasteiger partial charge in [0.1, 0.15) is 6.54 Å². The van der Waals surface area contributed by atoms with Gasteiger partial charge in [-0.05, 0) is 32.9 Å². The van der Waals surface area contributed by atoms with E-state index in [9.17, 15) is 14.4 Å². The SMILES string of the molecule is Cc1cc(=O)n(CC(=O)NCCn2nc(-n3nc(C)cc3C)ccc2=O)cn1. The van der Waals surface area contributed by atoms with Crippen LogP contribution in [0.3, 0.4) is 0 Å². The van der Waals surface area contributed by atoms with E-state index in [0.717, 1.165) is 11.4 Å². The summed E-state index contributed by atoms with van der Waals surface area (Å²) in [5.74, 6) is 0.171. The molecule has 0 radical (unpaired) electrons. The molecule has 0 aliphatic heterocycles. The Balaban J connectivity index is 1.63. The maximum absolute atomic E-state index is 12.0. The van der Waals surface area contributed by atoms with Gasteiger partial charge < -0.3 is 5.32 Å². The molecule has 3 heterocycles. The van der Waals surface area contributed by atoms with Gasteiger partial charge in [-0.3, -0.25) is 19.0 Å². The molecule has 146 valence electrons. The third-order valence-corrected chi connectivity index (χ3v) is 4.06. The van der Waals surface area contributed by atoms with Crippen LogP contribution in [-0.2, 0) is 17.9 Å². The number of amides is 1. The van der Waals surface area contributed by atoms with Crippen LogP contribution in [0.25, 0.3) is 5.82 Å². The Hall–Kier alpha value is -3.56. The molecule has 0 unspecified atom stereocenters. The van der Waals surface area contributed by atoms with Crippen molar-refractivity contribution in [1.82, 2.24) is 34.4 Å². The molecule has 3 rings (SSSR count). The predicted molar refractivity (Wildman–Crippen MR) is 101 cm³/mol. The lowest BCUT2D eigenvalue weighted by molar-refractivity contribution is -0.121. The van der Waals surface area contributed by atoms with E-state index in [-0.39, 0.29) is 36.7 Å². The highest BCUT2D eigenvalue weighted by molar-refractivity contribution is 5.75. The summed E-state index contributed by atoms with van der Waals surface area (Å²) in [5.41, 5.74) is 1.78. The van der Waals surface area contributed by atoms with Crippen molar-refractivity contribution in [1.29, 1.82) is 0 Å². The summed E-state index contributed by atoms with van der Waals surface area (Å²) in [4.78, 5) is 39.9. The fourth-order valence-electron chi connectivity index (χ4n) is 2.72. The van der Waals surface area contributed by atoms with Crippen molar-refractivity contribution in [2.45, 2.75) is 33.9 Å². The molecule has 3 aromatic heterocycles. The molecule has 1 amide bonds. The first kappa shape index (κ1) is 19.2. The topological polar surface area (TPSA) is 117 Å². The average Bonchev–Trinajstić information content (AvgIpc) is 2.97. The van der Waals surface area contributed by atoms with Crippen LogP contribution in [0.5, 0.6) is 0 Å². The smallest absolute Gasteiger partial charge is 0.266 e. The molecule has 0 fully saturated rings. The van der Waals surface area contributed by atoms with Crippen molar-refractivity contribution in [3.05, 3.63) is 68.4 Å². The Kier molecular flexibility index (Phi) is 5.48. The van der Waals surface area contributed by atoms with Crippen molar-refractivity contribution in [2.24, 2.45) is 0 Å². The van der Waals surface area contributed by atoms with Crippen LogP contribution in [0.15, 0.2) is 40.2 Å². The maximum atomic E-state index is 12.0. The Labute approximate surface area is 160 Å². The minimum atomic E-state index is -0.351. The number of carbonyl (C=O) groups is 1. The van der Waals surface area contributed by atoms with Gasteiger partial charge in [0.05, 0.1) is 18.6 Å².